The Kier molecular flexibility index (Phi) is 2.18. The molecule has 1 aromatic carbocycles. The van der Waals surface area contributed by atoms with Gasteiger partial charge in [-0.05, 0) is 12.1 Å². The Labute approximate surface area is 94.1 Å². The number of ether oxygens (including phenoxy) is 1. The standard InChI is InChI=1S/C14H12NO/c1-2-6-14-12(4-1)5-3-9-15(14)13-7-10-16-11-8-13/h1-10H,11H2/q+1. The summed E-state index contributed by atoms with van der Waals surface area (Å²) in [5.74, 6) is 0. The molecule has 0 radical (unpaired) electrons. The zero-order chi connectivity index (χ0) is 10.8. The number of nitrogens with zero attached hydrogens (tertiary/aromatic N) is 1. The zero-order valence-electron chi connectivity index (χ0n) is 8.84. The van der Waals surface area contributed by atoms with Crippen molar-refractivity contribution in [2.45, 2.75) is 0 Å². The number of para-hydroxylation sites is 1. The lowest BCUT2D eigenvalue weighted by Gasteiger charge is -2.05. The highest BCUT2D eigenvalue weighted by Crippen LogP contribution is 2.12. The van der Waals surface area contributed by atoms with E-state index in [1.54, 1.807) is 6.26 Å². The highest BCUT2D eigenvalue weighted by molar-refractivity contribution is 5.76. The van der Waals surface area contributed by atoms with Crippen LogP contribution in [0.25, 0.3) is 16.6 Å². The van der Waals surface area contributed by atoms with E-state index in [1.165, 1.54) is 10.9 Å². The van der Waals surface area contributed by atoms with Crippen LogP contribution in [0, 0.1) is 0 Å². The quantitative estimate of drug-likeness (QED) is 0.659. The van der Waals surface area contributed by atoms with Crippen LogP contribution in [0.5, 0.6) is 0 Å². The lowest BCUT2D eigenvalue weighted by Crippen LogP contribution is -2.32. The summed E-state index contributed by atoms with van der Waals surface area (Å²) in [7, 11) is 0. The molecule has 0 fully saturated rings. The fourth-order valence-corrected chi connectivity index (χ4v) is 1.94. The van der Waals surface area contributed by atoms with Gasteiger partial charge < -0.3 is 4.74 Å². The van der Waals surface area contributed by atoms with Gasteiger partial charge in [0.25, 0.3) is 0 Å². The van der Waals surface area contributed by atoms with Crippen molar-refractivity contribution in [3.8, 4) is 0 Å². The molecule has 1 aliphatic rings. The van der Waals surface area contributed by atoms with Gasteiger partial charge in [-0.1, -0.05) is 12.1 Å². The third-order valence-corrected chi connectivity index (χ3v) is 2.71. The molecule has 78 valence electrons. The Hall–Kier alpha value is -2.09. The van der Waals surface area contributed by atoms with E-state index in [0.29, 0.717) is 6.61 Å². The van der Waals surface area contributed by atoms with Crippen molar-refractivity contribution >= 4 is 16.6 Å². The van der Waals surface area contributed by atoms with Crippen LogP contribution in [0.2, 0.25) is 0 Å². The minimum absolute atomic E-state index is 0.641. The molecular weight excluding hydrogens is 198 g/mol. The van der Waals surface area contributed by atoms with Gasteiger partial charge in [0.1, 0.15) is 6.61 Å². The van der Waals surface area contributed by atoms with Gasteiger partial charge in [-0.15, -0.1) is 0 Å². The molecular formula is C14H12NO+. The molecule has 0 bridgehead atoms. The summed E-state index contributed by atoms with van der Waals surface area (Å²) >= 11 is 0. The van der Waals surface area contributed by atoms with Crippen molar-refractivity contribution < 1.29 is 9.30 Å². The van der Waals surface area contributed by atoms with E-state index >= 15 is 0 Å². The van der Waals surface area contributed by atoms with E-state index in [-0.39, 0.29) is 0 Å². The molecule has 0 saturated carbocycles. The molecule has 2 heterocycles. The fourth-order valence-electron chi connectivity index (χ4n) is 1.94. The maximum Gasteiger partial charge on any atom is 0.218 e. The predicted molar refractivity (Wildman–Crippen MR) is 63.5 cm³/mol. The Morgan fingerprint density at radius 2 is 1.94 bits per heavy atom. The summed E-state index contributed by atoms with van der Waals surface area (Å²) in [6.45, 7) is 0.641. The molecule has 2 heteroatoms. The number of fused-ring (bicyclic) bond motifs is 1. The number of hydrogen-bond acceptors (Lipinski definition) is 1. The van der Waals surface area contributed by atoms with E-state index in [1.807, 2.05) is 6.08 Å². The molecule has 3 rings (SSSR count). The maximum absolute atomic E-state index is 5.16. The predicted octanol–water partition coefficient (Wildman–Crippen LogP) is 2.51. The van der Waals surface area contributed by atoms with Crippen LogP contribution < -0.4 is 4.57 Å². The SMILES string of the molecule is C1=CC([n+]2cccc3ccccc32)=CCO1. The number of aromatic nitrogens is 1. The molecule has 0 atom stereocenters. The summed E-state index contributed by atoms with van der Waals surface area (Å²) in [5.41, 5.74) is 2.37. The van der Waals surface area contributed by atoms with Gasteiger partial charge in [-0.2, -0.15) is 4.57 Å². The number of allylic oxidation sites excluding steroid dienone is 2. The molecule has 1 aliphatic heterocycles. The summed E-state index contributed by atoms with van der Waals surface area (Å²) < 4.78 is 7.34. The molecule has 16 heavy (non-hydrogen) atoms. The summed E-state index contributed by atoms with van der Waals surface area (Å²) in [6.07, 6.45) is 7.87. The van der Waals surface area contributed by atoms with E-state index in [0.717, 1.165) is 5.70 Å². The van der Waals surface area contributed by atoms with E-state index < -0.39 is 0 Å². The Bertz CT molecular complexity index is 579. The van der Waals surface area contributed by atoms with Gasteiger partial charge in [0, 0.05) is 29.7 Å². The average Bonchev–Trinajstić information content (AvgIpc) is 2.39. The van der Waals surface area contributed by atoms with Crippen LogP contribution in [-0.2, 0) is 4.74 Å². The van der Waals surface area contributed by atoms with Gasteiger partial charge in [0.15, 0.2) is 6.20 Å². The Balaban J connectivity index is 2.23. The van der Waals surface area contributed by atoms with Crippen molar-refractivity contribution in [1.29, 1.82) is 0 Å². The van der Waals surface area contributed by atoms with Crippen LogP contribution in [0.15, 0.2) is 61.0 Å². The molecule has 0 saturated heterocycles. The first kappa shape index (κ1) is 9.16. The Morgan fingerprint density at radius 3 is 2.81 bits per heavy atom. The molecule has 0 amide bonds. The van der Waals surface area contributed by atoms with E-state index in [4.69, 9.17) is 4.74 Å². The topological polar surface area (TPSA) is 13.1 Å². The maximum atomic E-state index is 5.16. The zero-order valence-corrected chi connectivity index (χ0v) is 8.84. The molecule has 0 N–H and O–H groups in total. The monoisotopic (exact) mass is 210 g/mol. The summed E-state index contributed by atoms with van der Waals surface area (Å²) in [4.78, 5) is 0. The number of rotatable bonds is 1. The molecule has 0 unspecified atom stereocenters. The second-order valence-electron chi connectivity index (χ2n) is 3.70. The first-order valence-corrected chi connectivity index (χ1v) is 5.33. The van der Waals surface area contributed by atoms with E-state index in [2.05, 4.69) is 53.2 Å². The van der Waals surface area contributed by atoms with Crippen LogP contribution in [-0.4, -0.2) is 6.61 Å². The lowest BCUT2D eigenvalue weighted by molar-refractivity contribution is -0.549. The van der Waals surface area contributed by atoms with Gasteiger partial charge >= 0.3 is 0 Å². The third-order valence-electron chi connectivity index (χ3n) is 2.71. The first-order chi connectivity index (χ1) is 7.95. The van der Waals surface area contributed by atoms with Crippen LogP contribution in [0.3, 0.4) is 0 Å². The largest absolute Gasteiger partial charge is 0.497 e. The third kappa shape index (κ3) is 1.48. The highest BCUT2D eigenvalue weighted by Gasteiger charge is 2.13. The van der Waals surface area contributed by atoms with Crippen molar-refractivity contribution in [2.24, 2.45) is 0 Å². The van der Waals surface area contributed by atoms with Gasteiger partial charge in [0.05, 0.1) is 6.26 Å². The molecule has 0 spiro atoms. The molecule has 1 aromatic heterocycles. The van der Waals surface area contributed by atoms with Crippen LogP contribution in [0.4, 0.5) is 0 Å². The highest BCUT2D eigenvalue weighted by atomic mass is 16.5. The summed E-state index contributed by atoms with van der Waals surface area (Å²) in [6, 6.07) is 12.5. The second-order valence-corrected chi connectivity index (χ2v) is 3.70. The minimum Gasteiger partial charge on any atom is -0.497 e. The van der Waals surface area contributed by atoms with Gasteiger partial charge in [0.2, 0.25) is 11.2 Å². The number of pyridine rings is 1. The van der Waals surface area contributed by atoms with Crippen molar-refractivity contribution in [3.63, 3.8) is 0 Å². The van der Waals surface area contributed by atoms with E-state index in [9.17, 15) is 0 Å². The lowest BCUT2D eigenvalue weighted by atomic mass is 10.2. The summed E-state index contributed by atoms with van der Waals surface area (Å²) in [5, 5.41) is 1.24. The Morgan fingerprint density at radius 1 is 1.06 bits per heavy atom. The first-order valence-electron chi connectivity index (χ1n) is 5.33. The molecule has 0 aliphatic carbocycles. The number of hydrogen-bond donors (Lipinski definition) is 0. The van der Waals surface area contributed by atoms with Crippen molar-refractivity contribution in [1.82, 2.24) is 0 Å². The molecule has 2 nitrogen and oxygen atoms in total. The van der Waals surface area contributed by atoms with Gasteiger partial charge in [-0.3, -0.25) is 0 Å². The van der Waals surface area contributed by atoms with Crippen molar-refractivity contribution in [3.05, 3.63) is 61.0 Å². The second kappa shape index (κ2) is 3.81. The normalized spacial score (nSPS) is 14.6. The smallest absolute Gasteiger partial charge is 0.218 e. The molecule has 2 aromatic rings. The van der Waals surface area contributed by atoms with Crippen LogP contribution >= 0.6 is 0 Å². The fraction of sp³-hybridized carbons (Fsp3) is 0.0714. The average molecular weight is 210 g/mol. The van der Waals surface area contributed by atoms with Crippen LogP contribution in [0.1, 0.15) is 0 Å². The number of benzene rings is 1. The van der Waals surface area contributed by atoms with Gasteiger partial charge in [-0.25, -0.2) is 0 Å². The minimum atomic E-state index is 0.641. The van der Waals surface area contributed by atoms with Crippen molar-refractivity contribution in [2.75, 3.05) is 6.61 Å².